The van der Waals surface area contributed by atoms with Gasteiger partial charge in [0.25, 0.3) is 5.91 Å². The van der Waals surface area contributed by atoms with E-state index < -0.39 is 36.3 Å². The summed E-state index contributed by atoms with van der Waals surface area (Å²) in [5.74, 6) is -1.73. The fourth-order valence-electron chi connectivity index (χ4n) is 2.43. The normalized spacial score (nSPS) is 28.4. The quantitative estimate of drug-likeness (QED) is 0.859. The zero-order chi connectivity index (χ0) is 17.6. The number of carbonyl (C=O) groups excluding carboxylic acids is 1. The molecule has 1 amide bonds. The summed E-state index contributed by atoms with van der Waals surface area (Å²) in [7, 11) is 0. The fourth-order valence-corrected chi connectivity index (χ4v) is 2.43. The molecule has 3 unspecified atom stereocenters. The smallest absolute Gasteiger partial charge is 0.352 e. The molecular formula is C13H16F5N3O2. The van der Waals surface area contributed by atoms with Crippen molar-refractivity contribution in [1.82, 2.24) is 9.78 Å². The Kier molecular flexibility index (Phi) is 4.40. The molecule has 0 bridgehead atoms. The highest BCUT2D eigenvalue weighted by atomic mass is 19.4. The van der Waals surface area contributed by atoms with Crippen LogP contribution in [0.25, 0.3) is 0 Å². The molecule has 1 aliphatic heterocycles. The second-order valence-electron chi connectivity index (χ2n) is 5.72. The number of halogens is 5. The average molecular weight is 341 g/mol. The van der Waals surface area contributed by atoms with E-state index in [0.29, 0.717) is 4.68 Å². The first-order valence-corrected chi connectivity index (χ1v) is 6.85. The van der Waals surface area contributed by atoms with Crippen LogP contribution in [0.3, 0.4) is 0 Å². The number of aryl methyl sites for hydroxylation is 1. The van der Waals surface area contributed by atoms with Gasteiger partial charge < -0.3 is 10.1 Å². The molecule has 5 nitrogen and oxygen atoms in total. The summed E-state index contributed by atoms with van der Waals surface area (Å²) in [5, 5.41) is 5.79. The summed E-state index contributed by atoms with van der Waals surface area (Å²) >= 11 is 0. The van der Waals surface area contributed by atoms with E-state index in [1.165, 1.54) is 13.8 Å². The van der Waals surface area contributed by atoms with E-state index in [4.69, 9.17) is 4.74 Å². The molecule has 3 atom stereocenters. The average Bonchev–Trinajstić information content (AvgIpc) is 2.92. The van der Waals surface area contributed by atoms with Crippen LogP contribution >= 0.6 is 0 Å². The number of aromatic nitrogens is 2. The summed E-state index contributed by atoms with van der Waals surface area (Å²) in [6, 6.07) is 0. The zero-order valence-corrected chi connectivity index (χ0v) is 12.6. The van der Waals surface area contributed by atoms with Crippen LogP contribution < -0.4 is 5.32 Å². The van der Waals surface area contributed by atoms with E-state index in [2.05, 4.69) is 10.4 Å². The number of anilines is 1. The predicted molar refractivity (Wildman–Crippen MR) is 70.0 cm³/mol. The molecule has 1 fully saturated rings. The predicted octanol–water partition coefficient (Wildman–Crippen LogP) is 3.27. The van der Waals surface area contributed by atoms with Crippen LogP contribution in [-0.4, -0.2) is 33.6 Å². The van der Waals surface area contributed by atoms with Crippen molar-refractivity contribution in [1.29, 1.82) is 0 Å². The fraction of sp³-hybridized carbons (Fsp3) is 0.692. The van der Waals surface area contributed by atoms with Crippen molar-refractivity contribution >= 4 is 11.6 Å². The zero-order valence-electron chi connectivity index (χ0n) is 12.6. The first-order chi connectivity index (χ1) is 10.5. The van der Waals surface area contributed by atoms with Crippen molar-refractivity contribution in [3.05, 3.63) is 11.9 Å². The maximum Gasteiger partial charge on any atom is 0.417 e. The Bertz CT molecular complexity index is 601. The minimum Gasteiger partial charge on any atom is -0.352 e. The van der Waals surface area contributed by atoms with E-state index in [1.54, 1.807) is 0 Å². The van der Waals surface area contributed by atoms with Crippen molar-refractivity contribution in [2.24, 2.45) is 5.92 Å². The molecule has 130 valence electrons. The molecule has 1 aromatic heterocycles. The van der Waals surface area contributed by atoms with E-state index in [9.17, 15) is 26.7 Å². The van der Waals surface area contributed by atoms with Gasteiger partial charge in [0, 0.05) is 0 Å². The Morgan fingerprint density at radius 1 is 1.52 bits per heavy atom. The van der Waals surface area contributed by atoms with Crippen molar-refractivity contribution in [3.8, 4) is 0 Å². The third-order valence-electron chi connectivity index (χ3n) is 4.12. The van der Waals surface area contributed by atoms with Gasteiger partial charge in [0.05, 0.1) is 17.6 Å². The SMILES string of the molecule is Cc1nn(C(F)F)cc1NC(=O)C1CC(C)C(C)(C(F)(F)F)O1. The second-order valence-corrected chi connectivity index (χ2v) is 5.72. The molecule has 1 aliphatic rings. The van der Waals surface area contributed by atoms with Gasteiger partial charge in [-0.15, -0.1) is 0 Å². The van der Waals surface area contributed by atoms with Gasteiger partial charge in [0.15, 0.2) is 5.60 Å². The van der Waals surface area contributed by atoms with Gasteiger partial charge in [-0.2, -0.15) is 27.1 Å². The number of nitrogens with zero attached hydrogens (tertiary/aromatic N) is 2. The summed E-state index contributed by atoms with van der Waals surface area (Å²) in [5.41, 5.74) is -2.28. The molecule has 10 heteroatoms. The summed E-state index contributed by atoms with van der Waals surface area (Å²) in [6.45, 7) is 0.758. The molecule has 0 spiro atoms. The number of carbonyl (C=O) groups is 1. The number of nitrogens with one attached hydrogen (secondary N) is 1. The van der Waals surface area contributed by atoms with Crippen LogP contribution in [0.5, 0.6) is 0 Å². The Morgan fingerprint density at radius 2 is 2.13 bits per heavy atom. The minimum absolute atomic E-state index is 0.00663. The van der Waals surface area contributed by atoms with Gasteiger partial charge in [-0.1, -0.05) is 6.92 Å². The Balaban J connectivity index is 2.11. The van der Waals surface area contributed by atoms with Crippen LogP contribution in [0.4, 0.5) is 27.6 Å². The summed E-state index contributed by atoms with van der Waals surface area (Å²) in [6.07, 6.45) is -5.13. The van der Waals surface area contributed by atoms with Crippen molar-refractivity contribution < 1.29 is 31.5 Å². The van der Waals surface area contributed by atoms with Crippen LogP contribution in [0.15, 0.2) is 6.20 Å². The molecule has 23 heavy (non-hydrogen) atoms. The standard InChI is InChI=1S/C13H16F5N3O2/c1-6-4-9(23-12(6,3)13(16,17)18)10(22)19-8-5-21(11(14)15)20-7(8)2/h5-6,9,11H,4H2,1-3H3,(H,19,22). The van der Waals surface area contributed by atoms with Gasteiger partial charge in [-0.3, -0.25) is 4.79 Å². The second kappa shape index (κ2) is 5.73. The highest BCUT2D eigenvalue weighted by Crippen LogP contribution is 2.46. The van der Waals surface area contributed by atoms with Crippen molar-refractivity contribution in [2.45, 2.75) is 51.6 Å². The molecule has 0 aromatic carbocycles. The van der Waals surface area contributed by atoms with Gasteiger partial charge in [0.2, 0.25) is 0 Å². The van der Waals surface area contributed by atoms with E-state index in [1.807, 2.05) is 0 Å². The highest BCUT2D eigenvalue weighted by molar-refractivity contribution is 5.94. The maximum absolute atomic E-state index is 13.1. The largest absolute Gasteiger partial charge is 0.417 e. The van der Waals surface area contributed by atoms with E-state index >= 15 is 0 Å². The van der Waals surface area contributed by atoms with Gasteiger partial charge in [-0.05, 0) is 26.2 Å². The molecule has 2 heterocycles. The number of rotatable bonds is 3. The number of hydrogen-bond donors (Lipinski definition) is 1. The van der Waals surface area contributed by atoms with Gasteiger partial charge >= 0.3 is 12.7 Å². The number of hydrogen-bond acceptors (Lipinski definition) is 3. The van der Waals surface area contributed by atoms with Gasteiger partial charge in [0.1, 0.15) is 6.10 Å². The lowest BCUT2D eigenvalue weighted by atomic mass is 9.89. The molecule has 0 aliphatic carbocycles. The number of amides is 1. The van der Waals surface area contributed by atoms with Crippen LogP contribution in [0.2, 0.25) is 0 Å². The Morgan fingerprint density at radius 3 is 2.57 bits per heavy atom. The molecule has 1 aromatic rings. The Labute approximate surface area is 128 Å². The molecule has 0 radical (unpaired) electrons. The van der Waals surface area contributed by atoms with Crippen LogP contribution in [-0.2, 0) is 9.53 Å². The topological polar surface area (TPSA) is 56.2 Å². The van der Waals surface area contributed by atoms with E-state index in [0.717, 1.165) is 13.1 Å². The molecule has 0 saturated carbocycles. The van der Waals surface area contributed by atoms with Crippen molar-refractivity contribution in [3.63, 3.8) is 0 Å². The Hall–Kier alpha value is -1.71. The first-order valence-electron chi connectivity index (χ1n) is 6.85. The summed E-state index contributed by atoms with van der Waals surface area (Å²) in [4.78, 5) is 12.1. The lowest BCUT2D eigenvalue weighted by Crippen LogP contribution is -2.47. The van der Waals surface area contributed by atoms with Gasteiger partial charge in [-0.25, -0.2) is 4.68 Å². The molecule has 2 rings (SSSR count). The van der Waals surface area contributed by atoms with Crippen molar-refractivity contribution in [2.75, 3.05) is 5.32 Å². The summed E-state index contributed by atoms with van der Waals surface area (Å²) < 4.78 is 69.5. The third-order valence-corrected chi connectivity index (χ3v) is 4.12. The van der Waals surface area contributed by atoms with E-state index in [-0.39, 0.29) is 17.8 Å². The number of ether oxygens (including phenoxy) is 1. The molecule has 1 saturated heterocycles. The number of alkyl halides is 5. The highest BCUT2D eigenvalue weighted by Gasteiger charge is 2.61. The van der Waals surface area contributed by atoms with Crippen LogP contribution in [0.1, 0.15) is 32.5 Å². The molecule has 1 N–H and O–H groups in total. The lowest BCUT2D eigenvalue weighted by Gasteiger charge is -2.30. The third kappa shape index (κ3) is 3.17. The maximum atomic E-state index is 13.1. The lowest BCUT2D eigenvalue weighted by molar-refractivity contribution is -0.272. The molecular weight excluding hydrogens is 325 g/mol. The first kappa shape index (κ1) is 17.6. The minimum atomic E-state index is -4.61. The van der Waals surface area contributed by atoms with Crippen LogP contribution in [0, 0.1) is 12.8 Å². The monoisotopic (exact) mass is 341 g/mol.